The van der Waals surface area contributed by atoms with Crippen LogP contribution in [0.1, 0.15) is 6.92 Å². The van der Waals surface area contributed by atoms with E-state index in [0.29, 0.717) is 25.4 Å². The third-order valence-electron chi connectivity index (χ3n) is 2.21. The molecule has 0 aliphatic heterocycles. The number of para-hydroxylation sites is 1. The van der Waals surface area contributed by atoms with Crippen LogP contribution in [0.5, 0.6) is 0 Å². The van der Waals surface area contributed by atoms with E-state index in [4.69, 9.17) is 4.74 Å². The zero-order valence-electron chi connectivity index (χ0n) is 10.1. The normalized spacial score (nSPS) is 11.4. The molecule has 0 bridgehead atoms. The van der Waals surface area contributed by atoms with Crippen LogP contribution in [0.2, 0.25) is 0 Å². The second-order valence-electron chi connectivity index (χ2n) is 3.33. The molecule has 96 valence electrons. The van der Waals surface area contributed by atoms with Crippen molar-refractivity contribution in [3.8, 4) is 0 Å². The van der Waals surface area contributed by atoms with Gasteiger partial charge in [-0.25, -0.2) is 13.1 Å². The zero-order chi connectivity index (χ0) is 12.7. The van der Waals surface area contributed by atoms with E-state index in [2.05, 4.69) is 10.0 Å². The second kappa shape index (κ2) is 6.58. The molecule has 5 nitrogen and oxygen atoms in total. The average Bonchev–Trinajstić information content (AvgIpc) is 2.35. The van der Waals surface area contributed by atoms with Crippen LogP contribution in [-0.4, -0.2) is 35.2 Å². The van der Waals surface area contributed by atoms with Gasteiger partial charge in [0.05, 0.1) is 12.3 Å². The molecule has 0 spiro atoms. The Morgan fingerprint density at radius 1 is 1.29 bits per heavy atom. The standard InChI is InChI=1S/C11H18N2O3S/c1-3-16-9-8-13-10-6-4-5-7-11(10)17(14,15)12-2/h4-7,12-13H,3,8-9H2,1-2H3. The van der Waals surface area contributed by atoms with Gasteiger partial charge < -0.3 is 10.1 Å². The van der Waals surface area contributed by atoms with E-state index in [9.17, 15) is 8.42 Å². The van der Waals surface area contributed by atoms with E-state index < -0.39 is 10.0 Å². The molecule has 0 saturated heterocycles. The van der Waals surface area contributed by atoms with Gasteiger partial charge in [0, 0.05) is 13.2 Å². The molecule has 0 aromatic heterocycles. The molecule has 1 aromatic carbocycles. The summed E-state index contributed by atoms with van der Waals surface area (Å²) in [5.74, 6) is 0. The number of sulfonamides is 1. The number of rotatable bonds is 7. The molecular formula is C11H18N2O3S. The maximum Gasteiger partial charge on any atom is 0.242 e. The molecule has 0 aliphatic carbocycles. The van der Waals surface area contributed by atoms with Gasteiger partial charge in [0.25, 0.3) is 0 Å². The summed E-state index contributed by atoms with van der Waals surface area (Å²) in [4.78, 5) is 0.249. The Balaban J connectivity index is 2.79. The van der Waals surface area contributed by atoms with Crippen molar-refractivity contribution in [3.63, 3.8) is 0 Å². The molecular weight excluding hydrogens is 240 g/mol. The van der Waals surface area contributed by atoms with Crippen molar-refractivity contribution in [2.75, 3.05) is 32.1 Å². The van der Waals surface area contributed by atoms with E-state index in [1.165, 1.54) is 7.05 Å². The lowest BCUT2D eigenvalue weighted by Gasteiger charge is -2.11. The van der Waals surface area contributed by atoms with Crippen molar-refractivity contribution in [1.82, 2.24) is 4.72 Å². The maximum atomic E-state index is 11.7. The third-order valence-corrected chi connectivity index (χ3v) is 3.68. The van der Waals surface area contributed by atoms with Gasteiger partial charge in [-0.2, -0.15) is 0 Å². The first-order valence-corrected chi connectivity index (χ1v) is 6.94. The van der Waals surface area contributed by atoms with E-state index in [1.807, 2.05) is 6.92 Å². The highest BCUT2D eigenvalue weighted by molar-refractivity contribution is 7.89. The van der Waals surface area contributed by atoms with Crippen LogP contribution in [0, 0.1) is 0 Å². The predicted molar refractivity (Wildman–Crippen MR) is 67.7 cm³/mol. The van der Waals surface area contributed by atoms with Gasteiger partial charge >= 0.3 is 0 Å². The summed E-state index contributed by atoms with van der Waals surface area (Å²) in [6.07, 6.45) is 0. The lowest BCUT2D eigenvalue weighted by Crippen LogP contribution is -2.21. The summed E-state index contributed by atoms with van der Waals surface area (Å²) in [6, 6.07) is 6.78. The second-order valence-corrected chi connectivity index (χ2v) is 5.18. The Hall–Kier alpha value is -1.11. The summed E-state index contributed by atoms with van der Waals surface area (Å²) in [7, 11) is -2.03. The summed E-state index contributed by atoms with van der Waals surface area (Å²) < 4.78 is 30.9. The highest BCUT2D eigenvalue weighted by Crippen LogP contribution is 2.19. The van der Waals surface area contributed by atoms with Crippen molar-refractivity contribution < 1.29 is 13.2 Å². The van der Waals surface area contributed by atoms with Gasteiger partial charge in [-0.1, -0.05) is 12.1 Å². The summed E-state index contributed by atoms with van der Waals surface area (Å²) in [5.41, 5.74) is 0.585. The molecule has 17 heavy (non-hydrogen) atoms. The number of anilines is 1. The number of hydrogen-bond acceptors (Lipinski definition) is 4. The van der Waals surface area contributed by atoms with E-state index >= 15 is 0 Å². The van der Waals surface area contributed by atoms with Crippen LogP contribution in [0.15, 0.2) is 29.2 Å². The first-order valence-electron chi connectivity index (χ1n) is 5.46. The Kier molecular flexibility index (Phi) is 5.40. The van der Waals surface area contributed by atoms with Gasteiger partial charge in [0.1, 0.15) is 4.90 Å². The van der Waals surface area contributed by atoms with Crippen LogP contribution in [-0.2, 0) is 14.8 Å². The molecule has 0 unspecified atom stereocenters. The first-order chi connectivity index (χ1) is 8.11. The Bertz CT molecular complexity index is 446. The number of benzene rings is 1. The molecule has 0 atom stereocenters. The van der Waals surface area contributed by atoms with Gasteiger partial charge in [0.2, 0.25) is 10.0 Å². The first kappa shape index (κ1) is 14.0. The van der Waals surface area contributed by atoms with Gasteiger partial charge in [-0.05, 0) is 26.1 Å². The minimum Gasteiger partial charge on any atom is -0.382 e. The van der Waals surface area contributed by atoms with Gasteiger partial charge in [-0.15, -0.1) is 0 Å². The highest BCUT2D eigenvalue weighted by atomic mass is 32.2. The molecule has 0 fully saturated rings. The molecule has 0 amide bonds. The molecule has 0 radical (unpaired) electrons. The van der Waals surface area contributed by atoms with Crippen LogP contribution in [0.25, 0.3) is 0 Å². The van der Waals surface area contributed by atoms with Crippen LogP contribution in [0.4, 0.5) is 5.69 Å². The van der Waals surface area contributed by atoms with Crippen molar-refractivity contribution in [2.24, 2.45) is 0 Å². The fourth-order valence-electron chi connectivity index (χ4n) is 1.36. The maximum absolute atomic E-state index is 11.7. The molecule has 0 heterocycles. The topological polar surface area (TPSA) is 67.4 Å². The summed E-state index contributed by atoms with van der Waals surface area (Å²) in [6.45, 7) is 3.69. The molecule has 1 aromatic rings. The average molecular weight is 258 g/mol. The minimum atomic E-state index is -3.42. The lowest BCUT2D eigenvalue weighted by molar-refractivity contribution is 0.158. The molecule has 2 N–H and O–H groups in total. The molecule has 0 aliphatic rings. The van der Waals surface area contributed by atoms with E-state index in [1.54, 1.807) is 24.3 Å². The number of ether oxygens (including phenoxy) is 1. The predicted octanol–water partition coefficient (Wildman–Crippen LogP) is 1.04. The van der Waals surface area contributed by atoms with Crippen LogP contribution in [0.3, 0.4) is 0 Å². The van der Waals surface area contributed by atoms with Gasteiger partial charge in [-0.3, -0.25) is 0 Å². The third kappa shape index (κ3) is 3.99. The number of nitrogens with one attached hydrogen (secondary N) is 2. The number of hydrogen-bond donors (Lipinski definition) is 2. The van der Waals surface area contributed by atoms with E-state index in [0.717, 1.165) is 0 Å². The van der Waals surface area contributed by atoms with Gasteiger partial charge in [0.15, 0.2) is 0 Å². The summed E-state index contributed by atoms with van der Waals surface area (Å²) >= 11 is 0. The lowest BCUT2D eigenvalue weighted by atomic mass is 10.3. The molecule has 6 heteroatoms. The Labute approximate surface area is 102 Å². The van der Waals surface area contributed by atoms with Crippen molar-refractivity contribution >= 4 is 15.7 Å². The monoisotopic (exact) mass is 258 g/mol. The fourth-order valence-corrected chi connectivity index (χ4v) is 2.27. The Morgan fingerprint density at radius 2 is 2.00 bits per heavy atom. The van der Waals surface area contributed by atoms with Crippen LogP contribution >= 0.6 is 0 Å². The smallest absolute Gasteiger partial charge is 0.242 e. The minimum absolute atomic E-state index is 0.249. The highest BCUT2D eigenvalue weighted by Gasteiger charge is 2.15. The zero-order valence-corrected chi connectivity index (χ0v) is 10.9. The van der Waals surface area contributed by atoms with Crippen molar-refractivity contribution in [1.29, 1.82) is 0 Å². The quantitative estimate of drug-likeness (QED) is 0.717. The summed E-state index contributed by atoms with van der Waals surface area (Å²) in [5, 5.41) is 3.04. The van der Waals surface area contributed by atoms with Crippen molar-refractivity contribution in [2.45, 2.75) is 11.8 Å². The molecule has 1 rings (SSSR count). The van der Waals surface area contributed by atoms with Crippen LogP contribution < -0.4 is 10.0 Å². The van der Waals surface area contributed by atoms with E-state index in [-0.39, 0.29) is 4.90 Å². The Morgan fingerprint density at radius 3 is 2.65 bits per heavy atom. The SMILES string of the molecule is CCOCCNc1ccccc1S(=O)(=O)NC. The largest absolute Gasteiger partial charge is 0.382 e. The molecule has 0 saturated carbocycles. The van der Waals surface area contributed by atoms with Crippen molar-refractivity contribution in [3.05, 3.63) is 24.3 Å². The fraction of sp³-hybridized carbons (Fsp3) is 0.455.